The van der Waals surface area contributed by atoms with Crippen molar-refractivity contribution in [1.29, 1.82) is 0 Å². The molecule has 21 heavy (non-hydrogen) atoms. The molecule has 5 heteroatoms. The van der Waals surface area contributed by atoms with E-state index in [2.05, 4.69) is 10.3 Å². The second kappa shape index (κ2) is 8.82. The lowest BCUT2D eigenvalue weighted by Crippen LogP contribution is -2.41. The zero-order chi connectivity index (χ0) is 14.9. The molecular formula is C16H25N3OS. The van der Waals surface area contributed by atoms with Crippen molar-refractivity contribution in [3.05, 3.63) is 35.9 Å². The van der Waals surface area contributed by atoms with Crippen molar-refractivity contribution >= 4 is 16.8 Å². The van der Waals surface area contributed by atoms with E-state index in [-0.39, 0.29) is 0 Å². The van der Waals surface area contributed by atoms with Crippen LogP contribution in [0.5, 0.6) is 0 Å². The molecule has 0 saturated heterocycles. The molecule has 1 aromatic rings. The van der Waals surface area contributed by atoms with E-state index in [0.717, 1.165) is 5.56 Å². The van der Waals surface area contributed by atoms with Crippen LogP contribution in [0.1, 0.15) is 37.7 Å². The Morgan fingerprint density at radius 3 is 2.67 bits per heavy atom. The molecule has 1 aliphatic rings. The summed E-state index contributed by atoms with van der Waals surface area (Å²) in [5, 5.41) is 3.27. The molecule has 1 aromatic carbocycles. The van der Waals surface area contributed by atoms with E-state index in [1.807, 2.05) is 30.3 Å². The van der Waals surface area contributed by atoms with Gasteiger partial charge in [-0.2, -0.15) is 0 Å². The molecule has 0 heterocycles. The van der Waals surface area contributed by atoms with E-state index in [0.29, 0.717) is 30.1 Å². The number of hydrogen-bond acceptors (Lipinski definition) is 2. The lowest BCUT2D eigenvalue weighted by molar-refractivity contribution is 0.412. The molecule has 0 spiro atoms. The normalized spacial score (nSPS) is 18.4. The van der Waals surface area contributed by atoms with Crippen LogP contribution in [-0.2, 0) is 16.6 Å². The summed E-state index contributed by atoms with van der Waals surface area (Å²) in [6.45, 7) is 0.519. The smallest absolute Gasteiger partial charge is 0.188 e. The Morgan fingerprint density at radius 2 is 1.95 bits per heavy atom. The number of benzene rings is 1. The van der Waals surface area contributed by atoms with Crippen LogP contribution in [0, 0.1) is 0 Å². The molecular weight excluding hydrogens is 282 g/mol. The molecule has 1 fully saturated rings. The summed E-state index contributed by atoms with van der Waals surface area (Å²) in [6, 6.07) is 10.4. The van der Waals surface area contributed by atoms with Gasteiger partial charge in [0.05, 0.1) is 6.54 Å². The predicted octanol–water partition coefficient (Wildman–Crippen LogP) is 2.17. The maximum Gasteiger partial charge on any atom is 0.188 e. The number of nitrogens with zero attached hydrogens (tertiary/aromatic N) is 1. The highest BCUT2D eigenvalue weighted by molar-refractivity contribution is 7.84. The Morgan fingerprint density at radius 1 is 1.24 bits per heavy atom. The second-order valence-corrected chi connectivity index (χ2v) is 7.10. The van der Waals surface area contributed by atoms with Gasteiger partial charge in [0.1, 0.15) is 0 Å². The van der Waals surface area contributed by atoms with Gasteiger partial charge in [0, 0.05) is 28.3 Å². The summed E-state index contributed by atoms with van der Waals surface area (Å²) in [7, 11) is -0.885. The average molecular weight is 307 g/mol. The Labute approximate surface area is 129 Å². The lowest BCUT2D eigenvalue weighted by atomic mass is 9.96. The van der Waals surface area contributed by atoms with Gasteiger partial charge >= 0.3 is 0 Å². The van der Waals surface area contributed by atoms with Gasteiger partial charge in [0.2, 0.25) is 0 Å². The van der Waals surface area contributed by atoms with Crippen molar-refractivity contribution in [3.8, 4) is 0 Å². The second-order valence-electron chi connectivity index (χ2n) is 5.52. The molecule has 1 aliphatic carbocycles. The molecule has 0 aliphatic heterocycles. The monoisotopic (exact) mass is 307 g/mol. The molecule has 0 radical (unpaired) electrons. The van der Waals surface area contributed by atoms with Crippen molar-refractivity contribution in [2.75, 3.05) is 12.3 Å². The SMILES string of the molecule is NC(=NCCS(=O)Cc1ccccc1)NC1CCCCC1. The van der Waals surface area contributed by atoms with Gasteiger partial charge in [-0.05, 0) is 18.4 Å². The van der Waals surface area contributed by atoms with Crippen LogP contribution < -0.4 is 11.1 Å². The minimum absolute atomic E-state index is 0.470. The lowest BCUT2D eigenvalue weighted by Gasteiger charge is -2.23. The van der Waals surface area contributed by atoms with Crippen molar-refractivity contribution < 1.29 is 4.21 Å². The molecule has 1 saturated carbocycles. The van der Waals surface area contributed by atoms with Crippen LogP contribution in [0.15, 0.2) is 35.3 Å². The first-order valence-electron chi connectivity index (χ1n) is 7.69. The number of nitrogens with two attached hydrogens (primary N) is 1. The highest BCUT2D eigenvalue weighted by Gasteiger charge is 2.13. The number of nitrogens with one attached hydrogen (secondary N) is 1. The molecule has 0 amide bonds. The van der Waals surface area contributed by atoms with Crippen molar-refractivity contribution in [1.82, 2.24) is 5.32 Å². The number of guanidine groups is 1. The Hall–Kier alpha value is -1.36. The Bertz CT molecular complexity index is 470. The van der Waals surface area contributed by atoms with Crippen LogP contribution in [-0.4, -0.2) is 28.5 Å². The third kappa shape index (κ3) is 6.29. The molecule has 3 N–H and O–H groups in total. The first-order chi connectivity index (χ1) is 10.2. The summed E-state index contributed by atoms with van der Waals surface area (Å²) in [5.41, 5.74) is 6.99. The molecule has 0 aromatic heterocycles. The number of hydrogen-bond donors (Lipinski definition) is 2. The maximum absolute atomic E-state index is 12.0. The minimum atomic E-state index is -0.885. The fourth-order valence-electron chi connectivity index (χ4n) is 2.60. The number of aliphatic imine (C=N–C) groups is 1. The van der Waals surface area contributed by atoms with Crippen molar-refractivity contribution in [2.45, 2.75) is 43.9 Å². The molecule has 2 rings (SSSR count). The molecule has 4 nitrogen and oxygen atoms in total. The summed E-state index contributed by atoms with van der Waals surface area (Å²) in [4.78, 5) is 4.29. The third-order valence-electron chi connectivity index (χ3n) is 3.73. The zero-order valence-corrected chi connectivity index (χ0v) is 13.3. The summed E-state index contributed by atoms with van der Waals surface area (Å²) >= 11 is 0. The standard InChI is InChI=1S/C16H25N3OS/c17-16(19-15-9-5-2-6-10-15)18-11-12-21(20)13-14-7-3-1-4-8-14/h1,3-4,7-8,15H,2,5-6,9-13H2,(H3,17,18,19). The van der Waals surface area contributed by atoms with Crippen LogP contribution >= 0.6 is 0 Å². The van der Waals surface area contributed by atoms with E-state index in [9.17, 15) is 4.21 Å². The fraction of sp³-hybridized carbons (Fsp3) is 0.562. The van der Waals surface area contributed by atoms with E-state index in [1.54, 1.807) is 0 Å². The quantitative estimate of drug-likeness (QED) is 0.625. The van der Waals surface area contributed by atoms with Crippen LogP contribution in [0.2, 0.25) is 0 Å². The summed E-state index contributed by atoms with van der Waals surface area (Å²) < 4.78 is 12.0. The largest absolute Gasteiger partial charge is 0.370 e. The van der Waals surface area contributed by atoms with Gasteiger partial charge in [-0.3, -0.25) is 9.20 Å². The maximum atomic E-state index is 12.0. The van der Waals surface area contributed by atoms with Crippen molar-refractivity contribution in [2.24, 2.45) is 10.7 Å². The van der Waals surface area contributed by atoms with Gasteiger partial charge in [-0.1, -0.05) is 49.6 Å². The van der Waals surface area contributed by atoms with E-state index < -0.39 is 10.8 Å². The molecule has 116 valence electrons. The van der Waals surface area contributed by atoms with Gasteiger partial charge in [-0.25, -0.2) is 0 Å². The third-order valence-corrected chi connectivity index (χ3v) is 5.02. The van der Waals surface area contributed by atoms with Gasteiger partial charge in [0.25, 0.3) is 0 Å². The van der Waals surface area contributed by atoms with Crippen LogP contribution in [0.3, 0.4) is 0 Å². The first-order valence-corrected chi connectivity index (χ1v) is 9.18. The Balaban J connectivity index is 1.67. The fourth-order valence-corrected chi connectivity index (χ4v) is 3.61. The van der Waals surface area contributed by atoms with Crippen LogP contribution in [0.25, 0.3) is 0 Å². The zero-order valence-electron chi connectivity index (χ0n) is 12.5. The summed E-state index contributed by atoms with van der Waals surface area (Å²) in [6.07, 6.45) is 6.22. The van der Waals surface area contributed by atoms with Gasteiger partial charge in [0.15, 0.2) is 5.96 Å². The summed E-state index contributed by atoms with van der Waals surface area (Å²) in [5.74, 6) is 1.65. The highest BCUT2D eigenvalue weighted by Crippen LogP contribution is 2.16. The van der Waals surface area contributed by atoms with E-state index >= 15 is 0 Å². The predicted molar refractivity (Wildman–Crippen MR) is 89.7 cm³/mol. The molecule has 1 atom stereocenters. The average Bonchev–Trinajstić information content (AvgIpc) is 2.49. The molecule has 1 unspecified atom stereocenters. The minimum Gasteiger partial charge on any atom is -0.370 e. The molecule has 0 bridgehead atoms. The first kappa shape index (κ1) is 16.0. The topological polar surface area (TPSA) is 67.5 Å². The van der Waals surface area contributed by atoms with Gasteiger partial charge in [-0.15, -0.1) is 0 Å². The highest BCUT2D eigenvalue weighted by atomic mass is 32.2. The van der Waals surface area contributed by atoms with Crippen LogP contribution in [0.4, 0.5) is 0 Å². The Kier molecular flexibility index (Phi) is 6.73. The van der Waals surface area contributed by atoms with Gasteiger partial charge < -0.3 is 11.1 Å². The number of rotatable bonds is 6. The van der Waals surface area contributed by atoms with E-state index in [1.165, 1.54) is 32.1 Å². The van der Waals surface area contributed by atoms with Crippen molar-refractivity contribution in [3.63, 3.8) is 0 Å². The van der Waals surface area contributed by atoms with E-state index in [4.69, 9.17) is 5.73 Å².